The molecule has 0 saturated heterocycles. The Kier molecular flexibility index (Phi) is 4.79. The van der Waals surface area contributed by atoms with Crippen molar-refractivity contribution in [1.82, 2.24) is 0 Å². The fourth-order valence-electron chi connectivity index (χ4n) is 1.79. The highest BCUT2D eigenvalue weighted by Gasteiger charge is 2.11. The van der Waals surface area contributed by atoms with Crippen LogP contribution in [0, 0.1) is 5.82 Å². The number of carbonyl (C=O) groups excluding carboxylic acids is 2. The maximum absolute atomic E-state index is 12.7. The Morgan fingerprint density at radius 2 is 1.20 bits per heavy atom. The van der Waals surface area contributed by atoms with Crippen molar-refractivity contribution in [3.8, 4) is 0 Å². The summed E-state index contributed by atoms with van der Waals surface area (Å²) in [5.41, 5.74) is 1.01. The van der Waals surface area contributed by atoms with Crippen molar-refractivity contribution in [1.29, 1.82) is 0 Å². The van der Waals surface area contributed by atoms with Gasteiger partial charge in [-0.1, -0.05) is 28.1 Å². The number of carbonyl (C=O) groups is 2. The lowest BCUT2D eigenvalue weighted by Gasteiger charge is -2.02. The van der Waals surface area contributed by atoms with E-state index in [1.54, 1.807) is 24.3 Å². The normalized spacial score (nSPS) is 10.3. The van der Waals surface area contributed by atoms with Crippen molar-refractivity contribution in [3.63, 3.8) is 0 Å². The molecule has 0 saturated carbocycles. The van der Waals surface area contributed by atoms with Crippen molar-refractivity contribution in [2.45, 2.75) is 12.8 Å². The summed E-state index contributed by atoms with van der Waals surface area (Å²) in [7, 11) is 0. The quantitative estimate of drug-likeness (QED) is 0.758. The first-order valence-corrected chi connectivity index (χ1v) is 6.93. The first-order chi connectivity index (χ1) is 9.56. The van der Waals surface area contributed by atoms with Gasteiger partial charge in [-0.15, -0.1) is 0 Å². The molecular formula is C16H12BrFO2. The molecule has 0 aliphatic carbocycles. The van der Waals surface area contributed by atoms with Gasteiger partial charge in [0, 0.05) is 28.4 Å². The predicted molar refractivity (Wildman–Crippen MR) is 78.4 cm³/mol. The molecule has 2 nitrogen and oxygen atoms in total. The lowest BCUT2D eigenvalue weighted by molar-refractivity contribution is 0.0917. The summed E-state index contributed by atoms with van der Waals surface area (Å²) in [5, 5.41) is 0. The second-order valence-corrected chi connectivity index (χ2v) is 5.28. The van der Waals surface area contributed by atoms with Crippen LogP contribution >= 0.6 is 15.9 Å². The molecule has 0 N–H and O–H groups in total. The monoisotopic (exact) mass is 334 g/mol. The summed E-state index contributed by atoms with van der Waals surface area (Å²) in [6.45, 7) is 0. The molecule has 0 unspecified atom stereocenters. The number of halogens is 2. The van der Waals surface area contributed by atoms with Crippen molar-refractivity contribution >= 4 is 27.5 Å². The Hall–Kier alpha value is -1.81. The molecule has 2 aromatic rings. The first kappa shape index (κ1) is 14.6. The average molecular weight is 335 g/mol. The van der Waals surface area contributed by atoms with Crippen LogP contribution in [0.25, 0.3) is 0 Å². The SMILES string of the molecule is O=C(CCC(=O)c1ccc(Br)cc1)c1ccc(F)cc1. The predicted octanol–water partition coefficient (Wildman–Crippen LogP) is 4.43. The lowest BCUT2D eigenvalue weighted by Crippen LogP contribution is -2.05. The van der Waals surface area contributed by atoms with Gasteiger partial charge in [-0.05, 0) is 36.4 Å². The number of Topliss-reactive ketones (excluding diaryl/α,β-unsaturated/α-hetero) is 2. The average Bonchev–Trinajstić information content (AvgIpc) is 2.46. The maximum atomic E-state index is 12.7. The zero-order chi connectivity index (χ0) is 14.5. The van der Waals surface area contributed by atoms with Gasteiger partial charge in [0.1, 0.15) is 5.82 Å². The van der Waals surface area contributed by atoms with E-state index in [0.29, 0.717) is 11.1 Å². The van der Waals surface area contributed by atoms with E-state index in [1.807, 2.05) is 0 Å². The number of rotatable bonds is 5. The molecule has 20 heavy (non-hydrogen) atoms. The zero-order valence-corrected chi connectivity index (χ0v) is 12.2. The van der Waals surface area contributed by atoms with Gasteiger partial charge in [-0.25, -0.2) is 4.39 Å². The summed E-state index contributed by atoms with van der Waals surface area (Å²) in [5.74, 6) is -0.615. The highest BCUT2D eigenvalue weighted by atomic mass is 79.9. The zero-order valence-electron chi connectivity index (χ0n) is 10.6. The van der Waals surface area contributed by atoms with E-state index < -0.39 is 0 Å². The van der Waals surface area contributed by atoms with Crippen LogP contribution in [-0.2, 0) is 0 Å². The van der Waals surface area contributed by atoms with E-state index in [1.165, 1.54) is 24.3 Å². The van der Waals surface area contributed by atoms with Crippen LogP contribution in [-0.4, -0.2) is 11.6 Å². The minimum atomic E-state index is -0.382. The highest BCUT2D eigenvalue weighted by molar-refractivity contribution is 9.10. The molecule has 4 heteroatoms. The lowest BCUT2D eigenvalue weighted by atomic mass is 10.0. The van der Waals surface area contributed by atoms with Gasteiger partial charge < -0.3 is 0 Å². The molecule has 0 aliphatic heterocycles. The largest absolute Gasteiger partial charge is 0.294 e. The number of hydrogen-bond acceptors (Lipinski definition) is 2. The molecule has 0 atom stereocenters. The number of ketones is 2. The van der Waals surface area contributed by atoms with E-state index in [2.05, 4.69) is 15.9 Å². The second kappa shape index (κ2) is 6.57. The van der Waals surface area contributed by atoms with Crippen LogP contribution in [0.4, 0.5) is 4.39 Å². The van der Waals surface area contributed by atoms with Crippen molar-refractivity contribution < 1.29 is 14.0 Å². The Balaban J connectivity index is 1.94. The van der Waals surface area contributed by atoms with E-state index in [4.69, 9.17) is 0 Å². The topological polar surface area (TPSA) is 34.1 Å². The molecule has 0 fully saturated rings. The van der Waals surface area contributed by atoms with Crippen molar-refractivity contribution in [3.05, 3.63) is 69.9 Å². The third kappa shape index (κ3) is 3.84. The van der Waals surface area contributed by atoms with Crippen LogP contribution in [0.5, 0.6) is 0 Å². The first-order valence-electron chi connectivity index (χ1n) is 6.14. The second-order valence-electron chi connectivity index (χ2n) is 4.36. The minimum Gasteiger partial charge on any atom is -0.294 e. The minimum absolute atomic E-state index is 0.0760. The van der Waals surface area contributed by atoms with E-state index in [-0.39, 0.29) is 30.2 Å². The van der Waals surface area contributed by atoms with Crippen LogP contribution in [0.15, 0.2) is 53.0 Å². The van der Waals surface area contributed by atoms with Gasteiger partial charge in [-0.2, -0.15) is 0 Å². The van der Waals surface area contributed by atoms with Crippen molar-refractivity contribution in [2.24, 2.45) is 0 Å². The van der Waals surface area contributed by atoms with Gasteiger partial charge in [-0.3, -0.25) is 9.59 Å². The van der Waals surface area contributed by atoms with Gasteiger partial charge in [0.15, 0.2) is 11.6 Å². The molecule has 0 spiro atoms. The van der Waals surface area contributed by atoms with Gasteiger partial charge >= 0.3 is 0 Å². The Labute approximate surface area is 124 Å². The summed E-state index contributed by atoms with van der Waals surface area (Å²) in [6.07, 6.45) is 0.276. The van der Waals surface area contributed by atoms with Gasteiger partial charge in [0.05, 0.1) is 0 Å². The molecule has 0 aromatic heterocycles. The molecule has 0 bridgehead atoms. The number of benzene rings is 2. The molecule has 2 rings (SSSR count). The van der Waals surface area contributed by atoms with E-state index in [0.717, 1.165) is 4.47 Å². The fraction of sp³-hybridized carbons (Fsp3) is 0.125. The molecule has 0 heterocycles. The summed E-state index contributed by atoms with van der Waals surface area (Å²) < 4.78 is 13.6. The molecule has 0 radical (unpaired) electrons. The van der Waals surface area contributed by atoms with E-state index >= 15 is 0 Å². The smallest absolute Gasteiger partial charge is 0.163 e. The van der Waals surface area contributed by atoms with Gasteiger partial charge in [0.25, 0.3) is 0 Å². The Bertz CT molecular complexity index is 560. The molecule has 2 aromatic carbocycles. The molecule has 0 aliphatic rings. The highest BCUT2D eigenvalue weighted by Crippen LogP contribution is 2.14. The Morgan fingerprint density at radius 1 is 0.800 bits per heavy atom. The Morgan fingerprint density at radius 3 is 1.65 bits per heavy atom. The standard InChI is InChI=1S/C16H12BrFO2/c17-13-5-1-11(2-6-13)15(19)9-10-16(20)12-3-7-14(18)8-4-12/h1-8H,9-10H2. The van der Waals surface area contributed by atoms with Crippen LogP contribution in [0.2, 0.25) is 0 Å². The van der Waals surface area contributed by atoms with Crippen LogP contribution in [0.1, 0.15) is 33.6 Å². The van der Waals surface area contributed by atoms with Crippen LogP contribution < -0.4 is 0 Å². The summed E-state index contributed by atoms with van der Waals surface area (Å²) in [6, 6.07) is 12.4. The van der Waals surface area contributed by atoms with Crippen molar-refractivity contribution in [2.75, 3.05) is 0 Å². The number of hydrogen-bond donors (Lipinski definition) is 0. The van der Waals surface area contributed by atoms with Gasteiger partial charge in [0.2, 0.25) is 0 Å². The fourth-order valence-corrected chi connectivity index (χ4v) is 2.05. The van der Waals surface area contributed by atoms with Crippen LogP contribution in [0.3, 0.4) is 0 Å². The molecule has 0 amide bonds. The third-order valence-electron chi connectivity index (χ3n) is 2.91. The summed E-state index contributed by atoms with van der Waals surface area (Å²) >= 11 is 3.30. The summed E-state index contributed by atoms with van der Waals surface area (Å²) in [4.78, 5) is 23.8. The molecular weight excluding hydrogens is 323 g/mol. The molecule has 102 valence electrons. The maximum Gasteiger partial charge on any atom is 0.163 e. The van der Waals surface area contributed by atoms with E-state index in [9.17, 15) is 14.0 Å². The third-order valence-corrected chi connectivity index (χ3v) is 3.44.